The lowest BCUT2D eigenvalue weighted by atomic mass is 9.95. The molecule has 4 aromatic rings. The molecule has 0 spiro atoms. The zero-order chi connectivity index (χ0) is 26.5. The van der Waals surface area contributed by atoms with Crippen molar-refractivity contribution in [1.29, 1.82) is 0 Å². The predicted molar refractivity (Wildman–Crippen MR) is 146 cm³/mol. The van der Waals surface area contributed by atoms with E-state index in [4.69, 9.17) is 23.7 Å². The molecule has 6 nitrogen and oxygen atoms in total. The summed E-state index contributed by atoms with van der Waals surface area (Å²) in [4.78, 5) is 11.9. The molecular formula is C32H28O6. The van der Waals surface area contributed by atoms with Gasteiger partial charge in [-0.25, -0.2) is 4.79 Å². The number of ether oxygens (including phenoxy) is 5. The lowest BCUT2D eigenvalue weighted by Crippen LogP contribution is -2.08. The molecule has 0 radical (unpaired) electrons. The Bertz CT molecular complexity index is 1460. The summed E-state index contributed by atoms with van der Waals surface area (Å²) in [6.45, 7) is 0.504. The lowest BCUT2D eigenvalue weighted by molar-refractivity contribution is 0.0600. The number of methoxy groups -OCH3 is 3. The third-order valence-electron chi connectivity index (χ3n) is 6.43. The Kier molecular flexibility index (Phi) is 7.31. The van der Waals surface area contributed by atoms with Crippen LogP contribution in [0.2, 0.25) is 0 Å². The molecule has 6 heteroatoms. The average Bonchev–Trinajstić information content (AvgIpc) is 2.99. The number of carbonyl (C=O) groups excluding carboxylic acids is 1. The van der Waals surface area contributed by atoms with Crippen LogP contribution in [-0.2, 0) is 17.8 Å². The molecule has 0 amide bonds. The van der Waals surface area contributed by atoms with Gasteiger partial charge in [-0.1, -0.05) is 42.5 Å². The average molecular weight is 509 g/mol. The van der Waals surface area contributed by atoms with Crippen molar-refractivity contribution in [2.75, 3.05) is 21.3 Å². The molecule has 1 heterocycles. The van der Waals surface area contributed by atoms with Gasteiger partial charge >= 0.3 is 5.97 Å². The Labute approximate surface area is 222 Å². The first-order chi connectivity index (χ1) is 18.6. The number of esters is 1. The van der Waals surface area contributed by atoms with Crippen molar-refractivity contribution in [3.8, 4) is 34.1 Å². The van der Waals surface area contributed by atoms with Crippen molar-refractivity contribution >= 4 is 11.7 Å². The summed E-state index contributed by atoms with van der Waals surface area (Å²) < 4.78 is 28.7. The van der Waals surface area contributed by atoms with Crippen molar-refractivity contribution in [2.24, 2.45) is 0 Å². The second-order valence-corrected chi connectivity index (χ2v) is 8.71. The van der Waals surface area contributed by atoms with Gasteiger partial charge < -0.3 is 23.7 Å². The van der Waals surface area contributed by atoms with Crippen molar-refractivity contribution in [2.45, 2.75) is 13.0 Å². The Balaban J connectivity index is 1.44. The topological polar surface area (TPSA) is 63.2 Å². The van der Waals surface area contributed by atoms with Crippen LogP contribution in [0.3, 0.4) is 0 Å². The van der Waals surface area contributed by atoms with Crippen LogP contribution in [-0.4, -0.2) is 27.3 Å². The van der Waals surface area contributed by atoms with E-state index < -0.39 is 5.97 Å². The number of hydrogen-bond donors (Lipinski definition) is 0. The van der Waals surface area contributed by atoms with Crippen molar-refractivity contribution in [1.82, 2.24) is 0 Å². The molecule has 4 aromatic carbocycles. The molecule has 192 valence electrons. The predicted octanol–water partition coefficient (Wildman–Crippen LogP) is 6.71. The number of benzene rings is 4. The van der Waals surface area contributed by atoms with Gasteiger partial charge in [0.25, 0.3) is 0 Å². The summed E-state index contributed by atoms with van der Waals surface area (Å²) >= 11 is 0. The minimum absolute atomic E-state index is 0.391. The molecule has 0 aromatic heterocycles. The van der Waals surface area contributed by atoms with Crippen molar-refractivity contribution in [3.63, 3.8) is 0 Å². The van der Waals surface area contributed by atoms with Gasteiger partial charge in [-0.2, -0.15) is 0 Å². The molecule has 0 bridgehead atoms. The summed E-state index contributed by atoms with van der Waals surface area (Å²) in [5.74, 6) is 3.08. The van der Waals surface area contributed by atoms with E-state index in [2.05, 4.69) is 0 Å². The smallest absolute Gasteiger partial charge is 0.337 e. The minimum atomic E-state index is -0.391. The maximum Gasteiger partial charge on any atom is 0.337 e. The fourth-order valence-electron chi connectivity index (χ4n) is 4.45. The number of hydrogen-bond acceptors (Lipinski definition) is 6. The van der Waals surface area contributed by atoms with Crippen LogP contribution >= 0.6 is 0 Å². The molecule has 1 aliphatic rings. The standard InChI is InChI=1S/C32H28O6/c1-34-28-19-29(35-2)30(23-9-11-24(12-10-23)32(33)36-3)31-26(28)17-18-27(38-31)22-13-15-25(16-14-22)37-20-21-7-5-4-6-8-21/h4-16,18-19H,17,20H2,1-3H3. The third-order valence-corrected chi connectivity index (χ3v) is 6.43. The highest BCUT2D eigenvalue weighted by atomic mass is 16.5. The van der Waals surface area contributed by atoms with Gasteiger partial charge in [0.15, 0.2) is 0 Å². The Morgan fingerprint density at radius 1 is 0.816 bits per heavy atom. The van der Waals surface area contributed by atoms with E-state index in [1.54, 1.807) is 26.4 Å². The SMILES string of the molecule is COC(=O)c1ccc(-c2c(OC)cc(OC)c3c2OC(c2ccc(OCc4ccccc4)cc2)=CC3)cc1. The van der Waals surface area contributed by atoms with Gasteiger partial charge in [-0.3, -0.25) is 0 Å². The highest BCUT2D eigenvalue weighted by Gasteiger charge is 2.26. The first kappa shape index (κ1) is 25.0. The summed E-state index contributed by atoms with van der Waals surface area (Å²) in [6, 6.07) is 26.9. The minimum Gasteiger partial charge on any atom is -0.496 e. The molecule has 0 unspecified atom stereocenters. The molecule has 0 saturated carbocycles. The van der Waals surface area contributed by atoms with Gasteiger partial charge in [-0.05, 0) is 53.6 Å². The van der Waals surface area contributed by atoms with Crippen LogP contribution in [0.1, 0.15) is 27.0 Å². The summed E-state index contributed by atoms with van der Waals surface area (Å²) in [7, 11) is 4.61. The number of rotatable bonds is 8. The van der Waals surface area contributed by atoms with Gasteiger partial charge in [0, 0.05) is 23.6 Å². The fraction of sp³-hybridized carbons (Fsp3) is 0.156. The second-order valence-electron chi connectivity index (χ2n) is 8.71. The highest BCUT2D eigenvalue weighted by molar-refractivity contribution is 5.91. The molecule has 0 N–H and O–H groups in total. The highest BCUT2D eigenvalue weighted by Crippen LogP contribution is 2.49. The molecule has 0 atom stereocenters. The van der Waals surface area contributed by atoms with Gasteiger partial charge in [-0.15, -0.1) is 0 Å². The van der Waals surface area contributed by atoms with Crippen LogP contribution in [0.4, 0.5) is 0 Å². The van der Waals surface area contributed by atoms with Crippen molar-refractivity contribution in [3.05, 3.63) is 113 Å². The fourth-order valence-corrected chi connectivity index (χ4v) is 4.45. The first-order valence-corrected chi connectivity index (χ1v) is 12.2. The van der Waals surface area contributed by atoms with Crippen LogP contribution < -0.4 is 18.9 Å². The van der Waals surface area contributed by atoms with Gasteiger partial charge in [0.1, 0.15) is 35.4 Å². The summed E-state index contributed by atoms with van der Waals surface area (Å²) in [5.41, 5.74) is 5.06. The maximum absolute atomic E-state index is 11.9. The van der Waals surface area contributed by atoms with Crippen molar-refractivity contribution < 1.29 is 28.5 Å². The molecule has 0 saturated heterocycles. The third kappa shape index (κ3) is 5.06. The molecular weight excluding hydrogens is 480 g/mol. The largest absolute Gasteiger partial charge is 0.496 e. The van der Waals surface area contributed by atoms with Crippen LogP contribution in [0.5, 0.6) is 23.0 Å². The zero-order valence-corrected chi connectivity index (χ0v) is 21.5. The summed E-state index contributed by atoms with van der Waals surface area (Å²) in [5, 5.41) is 0. The van der Waals surface area contributed by atoms with Crippen LogP contribution in [0.15, 0.2) is 91.0 Å². The molecule has 0 aliphatic carbocycles. The van der Waals surface area contributed by atoms with Crippen LogP contribution in [0.25, 0.3) is 16.9 Å². The lowest BCUT2D eigenvalue weighted by Gasteiger charge is -2.25. The van der Waals surface area contributed by atoms with E-state index in [1.807, 2.05) is 78.9 Å². The van der Waals surface area contributed by atoms with E-state index in [1.165, 1.54) is 7.11 Å². The maximum atomic E-state index is 11.9. The molecule has 0 fully saturated rings. The van der Waals surface area contributed by atoms with Crippen LogP contribution in [0, 0.1) is 0 Å². The molecule has 38 heavy (non-hydrogen) atoms. The number of carbonyl (C=O) groups is 1. The molecule has 1 aliphatic heterocycles. The van der Waals surface area contributed by atoms with E-state index in [-0.39, 0.29) is 0 Å². The zero-order valence-electron chi connectivity index (χ0n) is 21.5. The Morgan fingerprint density at radius 3 is 2.16 bits per heavy atom. The number of fused-ring (bicyclic) bond motifs is 1. The van der Waals surface area contributed by atoms with E-state index in [0.717, 1.165) is 39.3 Å². The summed E-state index contributed by atoms with van der Waals surface area (Å²) in [6.07, 6.45) is 2.67. The van der Waals surface area contributed by atoms with E-state index >= 15 is 0 Å². The Hall–Kier alpha value is -4.71. The quantitative estimate of drug-likeness (QED) is 0.247. The van der Waals surface area contributed by atoms with E-state index in [9.17, 15) is 4.79 Å². The molecule has 5 rings (SSSR count). The van der Waals surface area contributed by atoms with Gasteiger partial charge in [0.05, 0.1) is 32.5 Å². The monoisotopic (exact) mass is 508 g/mol. The second kappa shape index (κ2) is 11.1. The normalized spacial score (nSPS) is 12.0. The Morgan fingerprint density at radius 2 is 1.50 bits per heavy atom. The van der Waals surface area contributed by atoms with Gasteiger partial charge in [0.2, 0.25) is 0 Å². The first-order valence-electron chi connectivity index (χ1n) is 12.2. The van der Waals surface area contributed by atoms with E-state index in [0.29, 0.717) is 35.8 Å². The number of allylic oxidation sites excluding steroid dienone is 1.